The first kappa shape index (κ1) is 14.9. The van der Waals surface area contributed by atoms with E-state index in [0.717, 1.165) is 24.6 Å². The molecule has 0 atom stereocenters. The number of hydrogen-bond donors (Lipinski definition) is 2. The van der Waals surface area contributed by atoms with E-state index >= 15 is 0 Å². The Morgan fingerprint density at radius 3 is 2.50 bits per heavy atom. The van der Waals surface area contributed by atoms with Crippen LogP contribution in [0.3, 0.4) is 0 Å². The highest BCUT2D eigenvalue weighted by molar-refractivity contribution is 6.33. The first-order valence-corrected chi connectivity index (χ1v) is 8.00. The maximum absolute atomic E-state index is 6.29. The molecule has 5 nitrogen and oxygen atoms in total. The molecule has 1 aliphatic heterocycles. The first-order chi connectivity index (χ1) is 10.8. The van der Waals surface area contributed by atoms with Crippen LogP contribution in [0.4, 0.5) is 23.0 Å². The van der Waals surface area contributed by atoms with Gasteiger partial charge in [0.25, 0.3) is 0 Å². The molecule has 1 saturated heterocycles. The molecule has 2 aromatic rings. The lowest BCUT2D eigenvalue weighted by Gasteiger charge is -2.23. The number of nitrogen functional groups attached to an aromatic ring is 1. The molecule has 0 saturated carbocycles. The van der Waals surface area contributed by atoms with Crippen molar-refractivity contribution >= 4 is 34.6 Å². The van der Waals surface area contributed by atoms with Crippen LogP contribution in [-0.2, 0) is 0 Å². The third-order valence-electron chi connectivity index (χ3n) is 3.90. The van der Waals surface area contributed by atoms with Gasteiger partial charge in [0.15, 0.2) is 11.6 Å². The van der Waals surface area contributed by atoms with Crippen LogP contribution < -0.4 is 16.0 Å². The number of nitrogens with one attached hydrogen (secondary N) is 1. The number of hydrogen-bond acceptors (Lipinski definition) is 5. The van der Waals surface area contributed by atoms with Gasteiger partial charge in [0.2, 0.25) is 0 Å². The van der Waals surface area contributed by atoms with Gasteiger partial charge in [-0.2, -0.15) is 0 Å². The molecule has 0 radical (unpaired) electrons. The summed E-state index contributed by atoms with van der Waals surface area (Å²) in [6.45, 7) is 1.99. The molecule has 116 valence electrons. The molecule has 1 aromatic heterocycles. The van der Waals surface area contributed by atoms with Crippen LogP contribution in [0.5, 0.6) is 0 Å². The van der Waals surface area contributed by atoms with E-state index in [0.29, 0.717) is 16.5 Å². The van der Waals surface area contributed by atoms with Gasteiger partial charge in [0.1, 0.15) is 12.0 Å². The third kappa shape index (κ3) is 3.25. The molecule has 6 heteroatoms. The molecule has 0 bridgehead atoms. The molecule has 1 aromatic carbocycles. The topological polar surface area (TPSA) is 67.1 Å². The average Bonchev–Trinajstić information content (AvgIpc) is 2.80. The monoisotopic (exact) mass is 317 g/mol. The third-order valence-corrected chi connectivity index (χ3v) is 4.22. The number of nitrogens with two attached hydrogens (primary N) is 1. The SMILES string of the molecule is Nc1c(Nc2ccccc2Cl)ncnc1N1CCCCCC1. The van der Waals surface area contributed by atoms with E-state index in [2.05, 4.69) is 20.2 Å². The molecule has 3 N–H and O–H groups in total. The highest BCUT2D eigenvalue weighted by Gasteiger charge is 2.17. The maximum Gasteiger partial charge on any atom is 0.159 e. The van der Waals surface area contributed by atoms with Gasteiger partial charge >= 0.3 is 0 Å². The van der Waals surface area contributed by atoms with Crippen LogP contribution in [0.25, 0.3) is 0 Å². The average molecular weight is 318 g/mol. The highest BCUT2D eigenvalue weighted by Crippen LogP contribution is 2.31. The van der Waals surface area contributed by atoms with Gasteiger partial charge in [-0.1, -0.05) is 36.6 Å². The van der Waals surface area contributed by atoms with E-state index in [1.54, 1.807) is 6.33 Å². The number of aromatic nitrogens is 2. The predicted molar refractivity (Wildman–Crippen MR) is 91.9 cm³/mol. The molecule has 0 amide bonds. The quantitative estimate of drug-likeness (QED) is 0.900. The Balaban J connectivity index is 1.87. The summed E-state index contributed by atoms with van der Waals surface area (Å²) in [6.07, 6.45) is 6.45. The van der Waals surface area contributed by atoms with E-state index < -0.39 is 0 Å². The molecule has 0 aliphatic carbocycles. The van der Waals surface area contributed by atoms with Crippen molar-refractivity contribution in [2.45, 2.75) is 25.7 Å². The van der Waals surface area contributed by atoms with Crippen molar-refractivity contribution in [3.05, 3.63) is 35.6 Å². The first-order valence-electron chi connectivity index (χ1n) is 7.62. The van der Waals surface area contributed by atoms with E-state index in [9.17, 15) is 0 Å². The Morgan fingerprint density at radius 2 is 1.77 bits per heavy atom. The maximum atomic E-state index is 6.29. The Labute approximate surface area is 135 Å². The van der Waals surface area contributed by atoms with Gasteiger partial charge in [0.05, 0.1) is 10.7 Å². The molecule has 22 heavy (non-hydrogen) atoms. The van der Waals surface area contributed by atoms with E-state index in [-0.39, 0.29) is 0 Å². The van der Waals surface area contributed by atoms with Gasteiger partial charge in [0, 0.05) is 13.1 Å². The van der Waals surface area contributed by atoms with Gasteiger partial charge in [-0.25, -0.2) is 9.97 Å². The predicted octanol–water partition coefficient (Wildman–Crippen LogP) is 3.84. The van der Waals surface area contributed by atoms with Crippen molar-refractivity contribution < 1.29 is 0 Å². The van der Waals surface area contributed by atoms with Crippen molar-refractivity contribution in [2.24, 2.45) is 0 Å². The fraction of sp³-hybridized carbons (Fsp3) is 0.375. The number of anilines is 4. The van der Waals surface area contributed by atoms with Crippen LogP contribution in [0.15, 0.2) is 30.6 Å². The summed E-state index contributed by atoms with van der Waals surface area (Å²) in [6, 6.07) is 7.54. The second-order valence-electron chi connectivity index (χ2n) is 5.47. The van der Waals surface area contributed by atoms with Crippen molar-refractivity contribution in [2.75, 3.05) is 29.0 Å². The zero-order valence-corrected chi connectivity index (χ0v) is 13.2. The van der Waals surface area contributed by atoms with Crippen molar-refractivity contribution in [1.82, 2.24) is 9.97 Å². The van der Waals surface area contributed by atoms with Crippen LogP contribution in [0.1, 0.15) is 25.7 Å². The van der Waals surface area contributed by atoms with Gasteiger partial charge in [-0.15, -0.1) is 0 Å². The molecule has 2 heterocycles. The highest BCUT2D eigenvalue weighted by atomic mass is 35.5. The number of benzene rings is 1. The van der Waals surface area contributed by atoms with E-state index in [1.807, 2.05) is 24.3 Å². The molecule has 1 fully saturated rings. The lowest BCUT2D eigenvalue weighted by atomic mass is 10.2. The van der Waals surface area contributed by atoms with Gasteiger partial charge in [-0.3, -0.25) is 0 Å². The molecular formula is C16H20ClN5. The van der Waals surface area contributed by atoms with Crippen molar-refractivity contribution in [3.63, 3.8) is 0 Å². The molecule has 3 rings (SSSR count). The Morgan fingerprint density at radius 1 is 1.05 bits per heavy atom. The smallest absolute Gasteiger partial charge is 0.159 e. The molecular weight excluding hydrogens is 298 g/mol. The van der Waals surface area contributed by atoms with Gasteiger partial charge in [-0.05, 0) is 25.0 Å². The lowest BCUT2D eigenvalue weighted by Crippen LogP contribution is -2.26. The Hall–Kier alpha value is -2.01. The summed E-state index contributed by atoms with van der Waals surface area (Å²) >= 11 is 6.18. The summed E-state index contributed by atoms with van der Waals surface area (Å²) in [5.41, 5.74) is 7.65. The minimum absolute atomic E-state index is 0.573. The second-order valence-corrected chi connectivity index (χ2v) is 5.87. The Bertz CT molecular complexity index is 638. The van der Waals surface area contributed by atoms with Crippen LogP contribution in [0.2, 0.25) is 5.02 Å². The lowest BCUT2D eigenvalue weighted by molar-refractivity contribution is 0.726. The van der Waals surface area contributed by atoms with Crippen LogP contribution in [0, 0.1) is 0 Å². The van der Waals surface area contributed by atoms with Crippen LogP contribution in [-0.4, -0.2) is 23.1 Å². The summed E-state index contributed by atoms with van der Waals surface area (Å²) in [4.78, 5) is 10.9. The fourth-order valence-corrected chi connectivity index (χ4v) is 2.89. The largest absolute Gasteiger partial charge is 0.393 e. The molecule has 1 aliphatic rings. The number of nitrogens with zero attached hydrogens (tertiary/aromatic N) is 3. The minimum Gasteiger partial charge on any atom is -0.393 e. The summed E-state index contributed by atoms with van der Waals surface area (Å²) < 4.78 is 0. The van der Waals surface area contributed by atoms with E-state index in [1.165, 1.54) is 25.7 Å². The molecule has 0 unspecified atom stereocenters. The summed E-state index contributed by atoms with van der Waals surface area (Å²) in [7, 11) is 0. The number of halogens is 1. The zero-order valence-electron chi connectivity index (χ0n) is 12.4. The zero-order chi connectivity index (χ0) is 15.4. The Kier molecular flexibility index (Phi) is 4.63. The second kappa shape index (κ2) is 6.83. The van der Waals surface area contributed by atoms with Crippen molar-refractivity contribution in [3.8, 4) is 0 Å². The van der Waals surface area contributed by atoms with Crippen molar-refractivity contribution in [1.29, 1.82) is 0 Å². The minimum atomic E-state index is 0.573. The fourth-order valence-electron chi connectivity index (χ4n) is 2.71. The van der Waals surface area contributed by atoms with E-state index in [4.69, 9.17) is 17.3 Å². The summed E-state index contributed by atoms with van der Waals surface area (Å²) in [5.74, 6) is 1.41. The standard InChI is InChI=1S/C16H20ClN5/c17-12-7-3-4-8-13(12)21-15-14(18)16(20-11-19-15)22-9-5-1-2-6-10-22/h3-4,7-8,11H,1-2,5-6,9-10,18H2,(H,19,20,21). The summed E-state index contributed by atoms with van der Waals surface area (Å²) in [5, 5.41) is 3.84. The van der Waals surface area contributed by atoms with Gasteiger partial charge < -0.3 is 16.0 Å². The molecule has 0 spiro atoms. The number of rotatable bonds is 3. The number of para-hydroxylation sites is 1. The normalized spacial score (nSPS) is 15.4. The van der Waals surface area contributed by atoms with Crippen LogP contribution >= 0.6 is 11.6 Å².